The molecule has 0 unspecified atom stereocenters. The molecule has 1 atom stereocenters. The third-order valence-electron chi connectivity index (χ3n) is 5.59. The van der Waals surface area contributed by atoms with E-state index in [0.717, 1.165) is 12.8 Å². The van der Waals surface area contributed by atoms with E-state index in [9.17, 15) is 9.59 Å². The van der Waals surface area contributed by atoms with Gasteiger partial charge in [0, 0.05) is 12.5 Å². The first kappa shape index (κ1) is 18.6. The Kier molecular flexibility index (Phi) is 4.63. The number of carbonyl (C=O) groups excluding carboxylic acids is 1. The summed E-state index contributed by atoms with van der Waals surface area (Å²) in [6, 6.07) is 9.99. The summed E-state index contributed by atoms with van der Waals surface area (Å²) in [6.07, 6.45) is 2.66. The Hall–Kier alpha value is -2.23. The van der Waals surface area contributed by atoms with Crippen molar-refractivity contribution in [2.45, 2.75) is 65.2 Å². The molecule has 1 fully saturated rings. The number of aromatic amines is 1. The minimum Gasteiger partial charge on any atom is -0.311 e. The minimum atomic E-state index is -0.274. The first-order valence-electron chi connectivity index (χ1n) is 9.30. The van der Waals surface area contributed by atoms with Crippen LogP contribution in [0.25, 0.3) is 0 Å². The van der Waals surface area contributed by atoms with E-state index >= 15 is 0 Å². The Morgan fingerprint density at radius 3 is 2.35 bits per heavy atom. The van der Waals surface area contributed by atoms with Gasteiger partial charge in [-0.25, -0.2) is 4.98 Å². The molecule has 138 valence electrons. The highest BCUT2D eigenvalue weighted by Gasteiger charge is 2.46. The molecule has 1 aromatic carbocycles. The van der Waals surface area contributed by atoms with E-state index in [1.165, 1.54) is 17.2 Å². The van der Waals surface area contributed by atoms with Crippen LogP contribution in [-0.2, 0) is 5.41 Å². The van der Waals surface area contributed by atoms with Gasteiger partial charge in [-0.2, -0.15) is 0 Å². The Bertz CT molecular complexity index is 868. The fourth-order valence-electron chi connectivity index (χ4n) is 3.54. The first-order valence-corrected chi connectivity index (χ1v) is 9.30. The zero-order valence-electron chi connectivity index (χ0n) is 16.3. The second-order valence-electron chi connectivity index (χ2n) is 8.92. The van der Waals surface area contributed by atoms with Gasteiger partial charge in [0.15, 0.2) is 5.78 Å². The largest absolute Gasteiger partial charge is 0.311 e. The maximum atomic E-state index is 12.8. The molecule has 0 saturated heterocycles. The molecule has 4 nitrogen and oxygen atoms in total. The Labute approximate surface area is 155 Å². The van der Waals surface area contributed by atoms with E-state index in [4.69, 9.17) is 0 Å². The van der Waals surface area contributed by atoms with Crippen LogP contribution in [0, 0.1) is 12.3 Å². The smallest absolute Gasteiger partial charge is 0.251 e. The molecule has 1 aromatic heterocycles. The van der Waals surface area contributed by atoms with E-state index in [2.05, 4.69) is 61.9 Å². The molecule has 1 saturated carbocycles. The van der Waals surface area contributed by atoms with E-state index in [1.807, 2.05) is 0 Å². The minimum absolute atomic E-state index is 0.0581. The van der Waals surface area contributed by atoms with Crippen molar-refractivity contribution in [1.29, 1.82) is 0 Å². The fraction of sp³-hybridized carbons (Fsp3) is 0.500. The molecule has 0 radical (unpaired) electrons. The van der Waals surface area contributed by atoms with Crippen LogP contribution < -0.4 is 5.56 Å². The van der Waals surface area contributed by atoms with Gasteiger partial charge in [-0.05, 0) is 47.6 Å². The zero-order chi connectivity index (χ0) is 19.1. The Morgan fingerprint density at radius 2 is 1.85 bits per heavy atom. The van der Waals surface area contributed by atoms with Crippen molar-refractivity contribution >= 4 is 5.78 Å². The lowest BCUT2D eigenvalue weighted by Crippen LogP contribution is -2.19. The van der Waals surface area contributed by atoms with Crippen molar-refractivity contribution in [3.8, 4) is 0 Å². The molecule has 0 bridgehead atoms. The van der Waals surface area contributed by atoms with Gasteiger partial charge in [0.2, 0.25) is 0 Å². The van der Waals surface area contributed by atoms with Gasteiger partial charge in [-0.1, -0.05) is 52.0 Å². The average molecular weight is 352 g/mol. The molecule has 1 heterocycles. The van der Waals surface area contributed by atoms with Crippen molar-refractivity contribution in [2.24, 2.45) is 5.41 Å². The van der Waals surface area contributed by atoms with Gasteiger partial charge >= 0.3 is 0 Å². The predicted molar refractivity (Wildman–Crippen MR) is 104 cm³/mol. The molecule has 1 aliphatic rings. The lowest BCUT2D eigenvalue weighted by Gasteiger charge is -2.25. The number of H-pyrrole nitrogens is 1. The van der Waals surface area contributed by atoms with Crippen molar-refractivity contribution in [1.82, 2.24) is 9.97 Å². The van der Waals surface area contributed by atoms with Gasteiger partial charge in [-0.15, -0.1) is 0 Å². The molecule has 3 rings (SSSR count). The van der Waals surface area contributed by atoms with Gasteiger partial charge in [-0.3, -0.25) is 9.59 Å². The van der Waals surface area contributed by atoms with Gasteiger partial charge in [0.05, 0.1) is 0 Å². The van der Waals surface area contributed by atoms with Crippen LogP contribution in [0.2, 0.25) is 0 Å². The van der Waals surface area contributed by atoms with E-state index in [-0.39, 0.29) is 33.8 Å². The molecule has 0 amide bonds. The summed E-state index contributed by atoms with van der Waals surface area (Å²) in [6.45, 7) is 10.5. The monoisotopic (exact) mass is 352 g/mol. The standard InChI is InChI=1S/C22H28N2O2/c1-14-23-18(13-20(26)24-14)19(25)12-17(22(5)10-11-22)15-6-8-16(9-7-15)21(2,3)4/h6-9,13,17H,10-12H2,1-5H3,(H,23,24,26)/t17-/m0/s1. The molecule has 1 aliphatic carbocycles. The summed E-state index contributed by atoms with van der Waals surface area (Å²) in [5.41, 5.74) is 2.76. The highest BCUT2D eigenvalue weighted by molar-refractivity contribution is 5.94. The van der Waals surface area contributed by atoms with Crippen molar-refractivity contribution < 1.29 is 4.79 Å². The van der Waals surface area contributed by atoms with E-state index in [1.54, 1.807) is 6.92 Å². The van der Waals surface area contributed by atoms with Crippen molar-refractivity contribution in [2.75, 3.05) is 0 Å². The van der Waals surface area contributed by atoms with Crippen molar-refractivity contribution in [3.63, 3.8) is 0 Å². The quantitative estimate of drug-likeness (QED) is 0.804. The summed E-state index contributed by atoms with van der Waals surface area (Å²) in [5.74, 6) is 0.576. The summed E-state index contributed by atoms with van der Waals surface area (Å²) in [4.78, 5) is 31.3. The number of nitrogens with zero attached hydrogens (tertiary/aromatic N) is 1. The lowest BCUT2D eigenvalue weighted by molar-refractivity contribution is 0.0956. The third-order valence-corrected chi connectivity index (χ3v) is 5.59. The van der Waals surface area contributed by atoms with Gasteiger partial charge in [0.25, 0.3) is 5.56 Å². The maximum absolute atomic E-state index is 12.8. The molecule has 0 spiro atoms. The SMILES string of the molecule is Cc1nc(C(=O)C[C@@H](c2ccc(C(C)(C)C)cc2)C2(C)CC2)cc(=O)[nH]1. The molecule has 2 aromatic rings. The van der Waals surface area contributed by atoms with Crippen LogP contribution in [0.5, 0.6) is 0 Å². The van der Waals surface area contributed by atoms with Gasteiger partial charge in [0.1, 0.15) is 11.5 Å². The highest BCUT2D eigenvalue weighted by atomic mass is 16.1. The average Bonchev–Trinajstić information content (AvgIpc) is 3.29. The van der Waals surface area contributed by atoms with Crippen LogP contribution >= 0.6 is 0 Å². The van der Waals surface area contributed by atoms with Gasteiger partial charge < -0.3 is 4.98 Å². The number of hydrogen-bond acceptors (Lipinski definition) is 3. The normalized spacial score (nSPS) is 17.0. The number of nitrogens with one attached hydrogen (secondary N) is 1. The Balaban J connectivity index is 1.88. The summed E-state index contributed by atoms with van der Waals surface area (Å²) < 4.78 is 0. The molecule has 4 heteroatoms. The number of hydrogen-bond donors (Lipinski definition) is 1. The summed E-state index contributed by atoms with van der Waals surface area (Å²) in [5, 5.41) is 0. The zero-order valence-corrected chi connectivity index (χ0v) is 16.3. The number of ketones is 1. The van der Waals surface area contributed by atoms with E-state index in [0.29, 0.717) is 12.2 Å². The molecular formula is C22H28N2O2. The first-order chi connectivity index (χ1) is 12.1. The third kappa shape index (κ3) is 3.95. The molecule has 0 aliphatic heterocycles. The molecule has 1 N–H and O–H groups in total. The topological polar surface area (TPSA) is 62.8 Å². The number of rotatable bonds is 5. The number of benzene rings is 1. The maximum Gasteiger partial charge on any atom is 0.251 e. The van der Waals surface area contributed by atoms with E-state index < -0.39 is 0 Å². The Morgan fingerprint density at radius 1 is 1.23 bits per heavy atom. The van der Waals surface area contributed by atoms with Crippen LogP contribution in [0.3, 0.4) is 0 Å². The number of aryl methyl sites for hydroxylation is 1. The van der Waals surface area contributed by atoms with Crippen LogP contribution in [0.1, 0.15) is 80.3 Å². The molecule has 26 heavy (non-hydrogen) atoms. The fourth-order valence-corrected chi connectivity index (χ4v) is 3.54. The van der Waals surface area contributed by atoms with Crippen LogP contribution in [0.15, 0.2) is 35.1 Å². The number of carbonyl (C=O) groups is 1. The highest BCUT2D eigenvalue weighted by Crippen LogP contribution is 2.57. The second-order valence-corrected chi connectivity index (χ2v) is 8.92. The summed E-state index contributed by atoms with van der Waals surface area (Å²) in [7, 11) is 0. The summed E-state index contributed by atoms with van der Waals surface area (Å²) >= 11 is 0. The molecular weight excluding hydrogens is 324 g/mol. The predicted octanol–water partition coefficient (Wildman–Crippen LogP) is 4.53. The van der Waals surface area contributed by atoms with Crippen molar-refractivity contribution in [3.05, 3.63) is 63.3 Å². The lowest BCUT2D eigenvalue weighted by atomic mass is 9.79. The van der Waals surface area contributed by atoms with Crippen LogP contribution in [-0.4, -0.2) is 15.8 Å². The van der Waals surface area contributed by atoms with Crippen LogP contribution in [0.4, 0.5) is 0 Å². The second kappa shape index (κ2) is 6.49. The number of aromatic nitrogens is 2. The number of Topliss-reactive ketones (excluding diaryl/α,β-unsaturated/α-hetero) is 1.